The summed E-state index contributed by atoms with van der Waals surface area (Å²) in [4.78, 5) is 0. The first-order valence-electron chi connectivity index (χ1n) is 5.38. The molecule has 0 heterocycles. The number of benzene rings is 1. The molecule has 88 valence electrons. The Balaban J connectivity index is 2.34. The number of hydrogen-bond acceptors (Lipinski definition) is 1. The summed E-state index contributed by atoms with van der Waals surface area (Å²) < 4.78 is 29.3. The third kappa shape index (κ3) is 1.89. The Morgan fingerprint density at radius 1 is 1.12 bits per heavy atom. The summed E-state index contributed by atoms with van der Waals surface area (Å²) in [5, 5.41) is 0. The number of rotatable bonds is 2. The third-order valence-electron chi connectivity index (χ3n) is 3.33. The van der Waals surface area contributed by atoms with Gasteiger partial charge in [-0.2, -0.15) is 8.78 Å². The fourth-order valence-electron chi connectivity index (χ4n) is 2.27. The van der Waals surface area contributed by atoms with Crippen LogP contribution in [0.15, 0.2) is 28.7 Å². The van der Waals surface area contributed by atoms with E-state index < -0.39 is 11.5 Å². The van der Waals surface area contributed by atoms with E-state index in [1.165, 1.54) is 12.1 Å². The lowest BCUT2D eigenvalue weighted by atomic mass is 9.86. The highest BCUT2D eigenvalue weighted by molar-refractivity contribution is 9.10. The van der Waals surface area contributed by atoms with Gasteiger partial charge in [0.15, 0.2) is 0 Å². The van der Waals surface area contributed by atoms with Crippen LogP contribution in [-0.2, 0) is 5.92 Å². The number of hydrogen-bond donors (Lipinski definition) is 1. The molecule has 1 fully saturated rings. The first kappa shape index (κ1) is 12.0. The minimum Gasteiger partial charge on any atom is -0.320 e. The van der Waals surface area contributed by atoms with Crippen LogP contribution in [-0.4, -0.2) is 5.54 Å². The molecule has 1 nitrogen and oxygen atoms in total. The molecule has 0 unspecified atom stereocenters. The number of nitrogens with two attached hydrogens (primary N) is 1. The molecule has 4 heteroatoms. The summed E-state index contributed by atoms with van der Waals surface area (Å²) in [5.41, 5.74) is 4.50. The van der Waals surface area contributed by atoms with Crippen LogP contribution >= 0.6 is 15.9 Å². The lowest BCUT2D eigenvalue weighted by Gasteiger charge is -2.33. The molecule has 0 bridgehead atoms. The highest BCUT2D eigenvalue weighted by Crippen LogP contribution is 2.46. The van der Waals surface area contributed by atoms with Crippen LogP contribution in [0, 0.1) is 0 Å². The van der Waals surface area contributed by atoms with Gasteiger partial charge in [-0.15, -0.1) is 0 Å². The van der Waals surface area contributed by atoms with Crippen molar-refractivity contribution in [1.82, 2.24) is 0 Å². The molecule has 0 aromatic heterocycles. The Bertz CT molecular complexity index is 369. The van der Waals surface area contributed by atoms with Gasteiger partial charge in [0.05, 0.1) is 5.54 Å². The summed E-state index contributed by atoms with van der Waals surface area (Å²) in [6.07, 6.45) is 2.39. The molecule has 0 spiro atoms. The van der Waals surface area contributed by atoms with E-state index in [2.05, 4.69) is 15.9 Å². The number of halogens is 3. The van der Waals surface area contributed by atoms with Crippen molar-refractivity contribution in [3.8, 4) is 0 Å². The predicted molar refractivity (Wildman–Crippen MR) is 63.4 cm³/mol. The molecule has 0 saturated heterocycles. The standard InChI is InChI=1S/C12H14BrF2N/c13-10-5-3-9(4-6-10)12(14,15)11(16)7-1-2-8-11/h3-6H,1-2,7-8,16H2. The van der Waals surface area contributed by atoms with E-state index in [-0.39, 0.29) is 5.56 Å². The normalized spacial score (nSPS) is 20.0. The summed E-state index contributed by atoms with van der Waals surface area (Å²) >= 11 is 3.23. The van der Waals surface area contributed by atoms with E-state index in [0.717, 1.165) is 17.3 Å². The molecule has 1 aromatic rings. The van der Waals surface area contributed by atoms with Crippen LogP contribution in [0.4, 0.5) is 8.78 Å². The molecule has 1 aliphatic carbocycles. The average molecular weight is 290 g/mol. The maximum Gasteiger partial charge on any atom is 0.290 e. The van der Waals surface area contributed by atoms with E-state index in [0.29, 0.717) is 12.8 Å². The lowest BCUT2D eigenvalue weighted by Crippen LogP contribution is -2.51. The summed E-state index contributed by atoms with van der Waals surface area (Å²) in [6.45, 7) is 0. The number of alkyl halides is 2. The van der Waals surface area contributed by atoms with Crippen molar-refractivity contribution in [3.05, 3.63) is 34.3 Å². The van der Waals surface area contributed by atoms with Gasteiger partial charge in [-0.05, 0) is 25.0 Å². The van der Waals surface area contributed by atoms with E-state index in [1.54, 1.807) is 12.1 Å². The Morgan fingerprint density at radius 2 is 1.62 bits per heavy atom. The molecule has 1 aromatic carbocycles. The van der Waals surface area contributed by atoms with Gasteiger partial charge in [-0.25, -0.2) is 0 Å². The van der Waals surface area contributed by atoms with Crippen LogP contribution in [0.25, 0.3) is 0 Å². The molecule has 0 amide bonds. The smallest absolute Gasteiger partial charge is 0.290 e. The monoisotopic (exact) mass is 289 g/mol. The molecule has 0 radical (unpaired) electrons. The van der Waals surface area contributed by atoms with Gasteiger partial charge in [-0.1, -0.05) is 40.9 Å². The zero-order chi connectivity index (χ0) is 11.8. The van der Waals surface area contributed by atoms with Crippen LogP contribution in [0.1, 0.15) is 31.2 Å². The fourth-order valence-corrected chi connectivity index (χ4v) is 2.53. The van der Waals surface area contributed by atoms with Crippen molar-refractivity contribution in [2.24, 2.45) is 5.73 Å². The average Bonchev–Trinajstić information content (AvgIpc) is 2.67. The maximum absolute atomic E-state index is 14.2. The Hall–Kier alpha value is -0.480. The van der Waals surface area contributed by atoms with E-state index in [1.807, 2.05) is 0 Å². The van der Waals surface area contributed by atoms with Gasteiger partial charge in [0.25, 0.3) is 5.92 Å². The van der Waals surface area contributed by atoms with Gasteiger partial charge in [0.1, 0.15) is 0 Å². The highest BCUT2D eigenvalue weighted by atomic mass is 79.9. The lowest BCUT2D eigenvalue weighted by molar-refractivity contribution is -0.0794. The second-order valence-electron chi connectivity index (χ2n) is 4.44. The molecule has 0 atom stereocenters. The van der Waals surface area contributed by atoms with E-state index in [9.17, 15) is 8.78 Å². The van der Waals surface area contributed by atoms with Crippen molar-refractivity contribution in [2.75, 3.05) is 0 Å². The Morgan fingerprint density at radius 3 is 2.12 bits per heavy atom. The Labute approximate surface area is 102 Å². The second-order valence-corrected chi connectivity index (χ2v) is 5.36. The van der Waals surface area contributed by atoms with Gasteiger partial charge < -0.3 is 5.73 Å². The minimum absolute atomic E-state index is 0.0140. The topological polar surface area (TPSA) is 26.0 Å². The molecular formula is C12H14BrF2N. The maximum atomic E-state index is 14.2. The van der Waals surface area contributed by atoms with E-state index in [4.69, 9.17) is 5.73 Å². The molecule has 0 aliphatic heterocycles. The predicted octanol–water partition coefficient (Wildman–Crippen LogP) is 3.81. The summed E-state index contributed by atoms with van der Waals surface area (Å²) in [7, 11) is 0. The van der Waals surface area contributed by atoms with Gasteiger partial charge >= 0.3 is 0 Å². The van der Waals surface area contributed by atoms with Gasteiger partial charge in [0.2, 0.25) is 0 Å². The zero-order valence-electron chi connectivity index (χ0n) is 8.85. The quantitative estimate of drug-likeness (QED) is 0.880. The van der Waals surface area contributed by atoms with Crippen molar-refractivity contribution < 1.29 is 8.78 Å². The van der Waals surface area contributed by atoms with Crippen molar-refractivity contribution in [3.63, 3.8) is 0 Å². The van der Waals surface area contributed by atoms with Crippen molar-refractivity contribution >= 4 is 15.9 Å². The second kappa shape index (κ2) is 4.08. The van der Waals surface area contributed by atoms with Crippen LogP contribution in [0.2, 0.25) is 0 Å². The third-order valence-corrected chi connectivity index (χ3v) is 3.86. The van der Waals surface area contributed by atoms with Crippen LogP contribution in [0.5, 0.6) is 0 Å². The molecule has 1 saturated carbocycles. The zero-order valence-corrected chi connectivity index (χ0v) is 10.4. The van der Waals surface area contributed by atoms with Crippen LogP contribution < -0.4 is 5.73 Å². The molecule has 2 rings (SSSR count). The minimum atomic E-state index is -2.94. The first-order valence-corrected chi connectivity index (χ1v) is 6.18. The van der Waals surface area contributed by atoms with Crippen LogP contribution in [0.3, 0.4) is 0 Å². The van der Waals surface area contributed by atoms with E-state index >= 15 is 0 Å². The molecule has 16 heavy (non-hydrogen) atoms. The van der Waals surface area contributed by atoms with Gasteiger partial charge in [0, 0.05) is 10.0 Å². The molecule has 1 aliphatic rings. The SMILES string of the molecule is NC1(C(F)(F)c2ccc(Br)cc2)CCCC1. The first-order chi connectivity index (χ1) is 7.46. The Kier molecular flexibility index (Phi) is 3.05. The van der Waals surface area contributed by atoms with Crippen molar-refractivity contribution in [2.45, 2.75) is 37.1 Å². The largest absolute Gasteiger partial charge is 0.320 e. The van der Waals surface area contributed by atoms with Gasteiger partial charge in [-0.3, -0.25) is 0 Å². The summed E-state index contributed by atoms with van der Waals surface area (Å²) in [5.74, 6) is -2.94. The molecular weight excluding hydrogens is 276 g/mol. The summed E-state index contributed by atoms with van der Waals surface area (Å²) in [6, 6.07) is 6.14. The highest BCUT2D eigenvalue weighted by Gasteiger charge is 2.53. The van der Waals surface area contributed by atoms with Crippen molar-refractivity contribution in [1.29, 1.82) is 0 Å². The molecule has 2 N–H and O–H groups in total. The fraction of sp³-hybridized carbons (Fsp3) is 0.500.